The summed E-state index contributed by atoms with van der Waals surface area (Å²) in [5.41, 5.74) is 1.90. The topological polar surface area (TPSA) is 49.3 Å². The van der Waals surface area contributed by atoms with Crippen LogP contribution in [0.25, 0.3) is 0 Å². The van der Waals surface area contributed by atoms with Gasteiger partial charge in [0.2, 0.25) is 0 Å². The van der Waals surface area contributed by atoms with Gasteiger partial charge in [0.15, 0.2) is 0 Å². The number of rotatable bonds is 6. The van der Waals surface area contributed by atoms with Crippen LogP contribution in [0.3, 0.4) is 0 Å². The minimum atomic E-state index is -0.325. The third kappa shape index (κ3) is 4.49. The lowest BCUT2D eigenvalue weighted by atomic mass is 10.0. The van der Waals surface area contributed by atoms with E-state index in [2.05, 4.69) is 19.2 Å². The molecule has 1 rings (SSSR count). The summed E-state index contributed by atoms with van der Waals surface area (Å²) < 4.78 is 0. The van der Waals surface area contributed by atoms with Crippen molar-refractivity contribution in [2.45, 2.75) is 45.6 Å². The summed E-state index contributed by atoms with van der Waals surface area (Å²) in [6.45, 7) is 6.69. The van der Waals surface area contributed by atoms with E-state index in [1.807, 2.05) is 31.2 Å². The molecule has 1 unspecified atom stereocenters. The van der Waals surface area contributed by atoms with Gasteiger partial charge >= 0.3 is 0 Å². The second kappa shape index (κ2) is 7.17. The van der Waals surface area contributed by atoms with E-state index in [0.717, 1.165) is 6.42 Å². The number of benzene rings is 1. The number of aliphatic hydroxyl groups is 1. The summed E-state index contributed by atoms with van der Waals surface area (Å²) in [4.78, 5) is 11.8. The normalized spacial score (nSPS) is 12.5. The van der Waals surface area contributed by atoms with Gasteiger partial charge in [-0.05, 0) is 36.5 Å². The summed E-state index contributed by atoms with van der Waals surface area (Å²) in [5.74, 6) is 0.399. The Morgan fingerprint density at radius 1 is 1.28 bits per heavy atom. The average Bonchev–Trinajstić information content (AvgIpc) is 2.38. The van der Waals surface area contributed by atoms with Crippen LogP contribution < -0.4 is 5.32 Å². The third-order valence-corrected chi connectivity index (χ3v) is 3.07. The summed E-state index contributed by atoms with van der Waals surface area (Å²) in [6.07, 6.45) is 0.999. The molecule has 0 spiro atoms. The van der Waals surface area contributed by atoms with Crippen LogP contribution in [-0.2, 0) is 0 Å². The highest BCUT2D eigenvalue weighted by atomic mass is 16.3. The molecule has 3 heteroatoms. The maximum atomic E-state index is 11.8. The van der Waals surface area contributed by atoms with Crippen LogP contribution in [0.5, 0.6) is 0 Å². The Labute approximate surface area is 109 Å². The minimum absolute atomic E-state index is 0.0754. The van der Waals surface area contributed by atoms with Crippen LogP contribution in [0, 0.1) is 0 Å². The van der Waals surface area contributed by atoms with Gasteiger partial charge in [0.1, 0.15) is 0 Å². The predicted molar refractivity (Wildman–Crippen MR) is 73.8 cm³/mol. The molecular weight excluding hydrogens is 226 g/mol. The number of carbonyl (C=O) groups excluding carboxylic acids is 1. The van der Waals surface area contributed by atoms with Gasteiger partial charge in [-0.1, -0.05) is 32.9 Å². The summed E-state index contributed by atoms with van der Waals surface area (Å²) in [6, 6.07) is 7.67. The maximum Gasteiger partial charge on any atom is 0.251 e. The van der Waals surface area contributed by atoms with E-state index >= 15 is 0 Å². The van der Waals surface area contributed by atoms with E-state index < -0.39 is 0 Å². The number of amides is 1. The third-order valence-electron chi connectivity index (χ3n) is 3.07. The van der Waals surface area contributed by atoms with Crippen molar-refractivity contribution in [3.8, 4) is 0 Å². The van der Waals surface area contributed by atoms with Gasteiger partial charge in [0, 0.05) is 12.1 Å². The van der Waals surface area contributed by atoms with Crippen molar-refractivity contribution in [1.29, 1.82) is 0 Å². The van der Waals surface area contributed by atoms with Gasteiger partial charge in [-0.2, -0.15) is 0 Å². The van der Waals surface area contributed by atoms with E-state index in [1.54, 1.807) is 0 Å². The van der Waals surface area contributed by atoms with Gasteiger partial charge in [0.05, 0.1) is 6.10 Å². The second-order valence-corrected chi connectivity index (χ2v) is 4.88. The zero-order chi connectivity index (χ0) is 13.5. The van der Waals surface area contributed by atoms with Crippen molar-refractivity contribution in [2.24, 2.45) is 0 Å². The van der Waals surface area contributed by atoms with E-state index in [0.29, 0.717) is 24.4 Å². The van der Waals surface area contributed by atoms with Crippen LogP contribution in [0.15, 0.2) is 24.3 Å². The molecule has 0 aliphatic carbocycles. The van der Waals surface area contributed by atoms with Gasteiger partial charge in [-0.15, -0.1) is 0 Å². The van der Waals surface area contributed by atoms with Crippen molar-refractivity contribution in [1.82, 2.24) is 5.32 Å². The van der Waals surface area contributed by atoms with Crippen LogP contribution in [-0.4, -0.2) is 23.7 Å². The highest BCUT2D eigenvalue weighted by Gasteiger charge is 2.07. The monoisotopic (exact) mass is 249 g/mol. The second-order valence-electron chi connectivity index (χ2n) is 4.88. The number of hydrogen-bond donors (Lipinski definition) is 2. The van der Waals surface area contributed by atoms with Crippen molar-refractivity contribution in [2.75, 3.05) is 6.54 Å². The molecule has 0 saturated heterocycles. The van der Waals surface area contributed by atoms with Gasteiger partial charge in [0.25, 0.3) is 5.91 Å². The van der Waals surface area contributed by atoms with E-state index in [-0.39, 0.29) is 12.0 Å². The summed E-state index contributed by atoms with van der Waals surface area (Å²) in [7, 11) is 0. The summed E-state index contributed by atoms with van der Waals surface area (Å²) >= 11 is 0. The SMILES string of the molecule is CCC(O)CCNC(=O)c1ccc(C(C)C)cc1. The lowest BCUT2D eigenvalue weighted by molar-refractivity contribution is 0.0942. The molecule has 0 aromatic heterocycles. The van der Waals surface area contributed by atoms with Gasteiger partial charge in [-0.3, -0.25) is 4.79 Å². The van der Waals surface area contributed by atoms with Crippen LogP contribution >= 0.6 is 0 Å². The Hall–Kier alpha value is -1.35. The highest BCUT2D eigenvalue weighted by Crippen LogP contribution is 2.14. The molecule has 0 aliphatic heterocycles. The Balaban J connectivity index is 2.46. The van der Waals surface area contributed by atoms with Crippen molar-refractivity contribution in [3.63, 3.8) is 0 Å². The van der Waals surface area contributed by atoms with Crippen molar-refractivity contribution >= 4 is 5.91 Å². The fraction of sp³-hybridized carbons (Fsp3) is 0.533. The first-order chi connectivity index (χ1) is 8.54. The largest absolute Gasteiger partial charge is 0.393 e. The molecule has 0 fully saturated rings. The van der Waals surface area contributed by atoms with Gasteiger partial charge < -0.3 is 10.4 Å². The minimum Gasteiger partial charge on any atom is -0.393 e. The molecule has 1 atom stereocenters. The van der Waals surface area contributed by atoms with Crippen LogP contribution in [0.2, 0.25) is 0 Å². The van der Waals surface area contributed by atoms with Gasteiger partial charge in [-0.25, -0.2) is 0 Å². The Morgan fingerprint density at radius 2 is 1.89 bits per heavy atom. The molecule has 2 N–H and O–H groups in total. The Bertz CT molecular complexity index is 371. The first kappa shape index (κ1) is 14.7. The first-order valence-corrected chi connectivity index (χ1v) is 6.60. The fourth-order valence-corrected chi connectivity index (χ4v) is 1.68. The number of nitrogens with one attached hydrogen (secondary N) is 1. The van der Waals surface area contributed by atoms with E-state index in [9.17, 15) is 9.90 Å². The zero-order valence-corrected chi connectivity index (χ0v) is 11.4. The molecule has 0 bridgehead atoms. The zero-order valence-electron chi connectivity index (χ0n) is 11.4. The molecule has 0 saturated carbocycles. The van der Waals surface area contributed by atoms with Crippen molar-refractivity contribution < 1.29 is 9.90 Å². The molecule has 100 valence electrons. The average molecular weight is 249 g/mol. The lowest BCUT2D eigenvalue weighted by Crippen LogP contribution is -2.26. The number of carbonyl (C=O) groups is 1. The van der Waals surface area contributed by atoms with E-state index in [4.69, 9.17) is 0 Å². The van der Waals surface area contributed by atoms with E-state index in [1.165, 1.54) is 5.56 Å². The predicted octanol–water partition coefficient (Wildman–Crippen LogP) is 2.70. The molecule has 1 aromatic rings. The molecule has 0 aliphatic rings. The smallest absolute Gasteiger partial charge is 0.251 e. The first-order valence-electron chi connectivity index (χ1n) is 6.60. The summed E-state index contributed by atoms with van der Waals surface area (Å²) in [5, 5.41) is 12.2. The van der Waals surface area contributed by atoms with Crippen molar-refractivity contribution in [3.05, 3.63) is 35.4 Å². The quantitative estimate of drug-likeness (QED) is 0.814. The standard InChI is InChI=1S/C15H23NO2/c1-4-14(17)9-10-16-15(18)13-7-5-12(6-8-13)11(2)3/h5-8,11,14,17H,4,9-10H2,1-3H3,(H,16,18). The molecule has 1 aromatic carbocycles. The molecule has 3 nitrogen and oxygen atoms in total. The molecular formula is C15H23NO2. The van der Waals surface area contributed by atoms with Crippen LogP contribution in [0.4, 0.5) is 0 Å². The maximum absolute atomic E-state index is 11.8. The number of hydrogen-bond acceptors (Lipinski definition) is 2. The number of aliphatic hydroxyl groups excluding tert-OH is 1. The molecule has 18 heavy (non-hydrogen) atoms. The Kier molecular flexibility index (Phi) is 5.86. The Morgan fingerprint density at radius 3 is 2.39 bits per heavy atom. The lowest BCUT2D eigenvalue weighted by Gasteiger charge is -2.10. The highest BCUT2D eigenvalue weighted by molar-refractivity contribution is 5.94. The molecule has 0 heterocycles. The molecule has 1 amide bonds. The molecule has 0 radical (unpaired) electrons. The fourth-order valence-electron chi connectivity index (χ4n) is 1.68. The van der Waals surface area contributed by atoms with Crippen LogP contribution in [0.1, 0.15) is 55.5 Å².